The van der Waals surface area contributed by atoms with E-state index in [4.69, 9.17) is 15.2 Å². The molecule has 0 atom stereocenters. The third-order valence-corrected chi connectivity index (χ3v) is 3.46. The average molecular weight is 235 g/mol. The Morgan fingerprint density at radius 1 is 1.24 bits per heavy atom. The molecule has 1 aromatic rings. The number of nitrogens with two attached hydrogens (primary N) is 1. The van der Waals surface area contributed by atoms with Crippen LogP contribution in [0, 0.1) is 0 Å². The number of hydrogen-bond donors (Lipinski definition) is 1. The number of carbonyl (C=O) groups is 1. The van der Waals surface area contributed by atoms with Crippen molar-refractivity contribution < 1.29 is 14.3 Å². The summed E-state index contributed by atoms with van der Waals surface area (Å²) in [5.41, 5.74) is 7.37. The highest BCUT2D eigenvalue weighted by atomic mass is 16.5. The molecule has 0 bridgehead atoms. The van der Waals surface area contributed by atoms with Crippen LogP contribution in [-0.4, -0.2) is 20.5 Å². The number of rotatable bonds is 4. The zero-order valence-electron chi connectivity index (χ0n) is 10.2. The van der Waals surface area contributed by atoms with Gasteiger partial charge in [-0.15, -0.1) is 0 Å². The van der Waals surface area contributed by atoms with Crippen LogP contribution < -0.4 is 15.2 Å². The van der Waals surface area contributed by atoms with Gasteiger partial charge in [0.2, 0.25) is 0 Å². The molecule has 0 aromatic heterocycles. The minimum absolute atomic E-state index is 0.333. The fourth-order valence-electron chi connectivity index (χ4n) is 2.30. The lowest BCUT2D eigenvalue weighted by Crippen LogP contribution is -2.43. The van der Waals surface area contributed by atoms with E-state index in [0.717, 1.165) is 31.1 Å². The average Bonchev–Trinajstić information content (AvgIpc) is 2.33. The molecule has 4 nitrogen and oxygen atoms in total. The lowest BCUT2D eigenvalue weighted by molar-refractivity contribution is 0.111. The van der Waals surface area contributed by atoms with E-state index in [1.165, 1.54) is 7.11 Å². The molecule has 1 aliphatic rings. The van der Waals surface area contributed by atoms with Gasteiger partial charge in [-0.2, -0.15) is 0 Å². The van der Waals surface area contributed by atoms with E-state index < -0.39 is 0 Å². The number of methoxy groups -OCH3 is 2. The first-order valence-corrected chi connectivity index (χ1v) is 5.66. The molecule has 1 saturated carbocycles. The van der Waals surface area contributed by atoms with Crippen LogP contribution in [0.2, 0.25) is 0 Å². The molecule has 0 radical (unpaired) electrons. The molecule has 0 amide bonds. The molecule has 92 valence electrons. The van der Waals surface area contributed by atoms with E-state index in [9.17, 15) is 4.79 Å². The predicted molar refractivity (Wildman–Crippen MR) is 64.6 cm³/mol. The normalized spacial score (nSPS) is 17.1. The predicted octanol–water partition coefficient (Wildman–Crippen LogP) is 1.85. The number of aldehydes is 1. The third kappa shape index (κ3) is 1.78. The van der Waals surface area contributed by atoms with E-state index in [2.05, 4.69) is 0 Å². The molecule has 1 aromatic carbocycles. The molecule has 2 N–H and O–H groups in total. The molecule has 0 aliphatic heterocycles. The Bertz CT molecular complexity index is 439. The zero-order chi connectivity index (χ0) is 12.5. The van der Waals surface area contributed by atoms with Gasteiger partial charge < -0.3 is 15.2 Å². The van der Waals surface area contributed by atoms with Crippen LogP contribution >= 0.6 is 0 Å². The van der Waals surface area contributed by atoms with Crippen molar-refractivity contribution in [1.82, 2.24) is 0 Å². The summed E-state index contributed by atoms with van der Waals surface area (Å²) in [7, 11) is 3.09. The number of ether oxygens (including phenoxy) is 2. The third-order valence-electron chi connectivity index (χ3n) is 3.46. The van der Waals surface area contributed by atoms with Crippen LogP contribution in [0.15, 0.2) is 12.1 Å². The van der Waals surface area contributed by atoms with Gasteiger partial charge in [-0.3, -0.25) is 4.79 Å². The van der Waals surface area contributed by atoms with Gasteiger partial charge in [0.05, 0.1) is 19.8 Å². The molecule has 0 unspecified atom stereocenters. The van der Waals surface area contributed by atoms with Crippen LogP contribution in [0.5, 0.6) is 11.5 Å². The van der Waals surface area contributed by atoms with Gasteiger partial charge in [0.25, 0.3) is 0 Å². The van der Waals surface area contributed by atoms with Crippen LogP contribution in [-0.2, 0) is 5.54 Å². The van der Waals surface area contributed by atoms with E-state index in [0.29, 0.717) is 17.1 Å². The minimum atomic E-state index is -0.333. The molecule has 0 heterocycles. The van der Waals surface area contributed by atoms with Crippen molar-refractivity contribution in [3.8, 4) is 11.5 Å². The molecule has 0 saturated heterocycles. The van der Waals surface area contributed by atoms with E-state index in [1.54, 1.807) is 13.2 Å². The molecular formula is C13H17NO3. The van der Waals surface area contributed by atoms with Crippen molar-refractivity contribution in [3.05, 3.63) is 23.3 Å². The Morgan fingerprint density at radius 2 is 1.88 bits per heavy atom. The largest absolute Gasteiger partial charge is 0.492 e. The smallest absolute Gasteiger partial charge is 0.171 e. The lowest BCUT2D eigenvalue weighted by atomic mass is 9.72. The Kier molecular flexibility index (Phi) is 3.07. The standard InChI is InChI=1S/C13H17NO3/c1-16-11-9(8-15)4-5-10(12(11)17-2)13(14)6-3-7-13/h4-5,8H,3,6-7,14H2,1-2H3. The SMILES string of the molecule is COc1c(C=O)ccc(C2(N)CCC2)c1OC. The maximum Gasteiger partial charge on any atom is 0.171 e. The second kappa shape index (κ2) is 4.37. The first-order valence-electron chi connectivity index (χ1n) is 5.66. The summed E-state index contributed by atoms with van der Waals surface area (Å²) in [5.74, 6) is 1.05. The Labute approximate surface area is 101 Å². The molecule has 0 spiro atoms. The van der Waals surface area contributed by atoms with E-state index in [-0.39, 0.29) is 5.54 Å². The lowest BCUT2D eigenvalue weighted by Gasteiger charge is -2.39. The Hall–Kier alpha value is -1.55. The Balaban J connectivity index is 2.57. The highest BCUT2D eigenvalue weighted by Gasteiger charge is 2.38. The monoisotopic (exact) mass is 235 g/mol. The van der Waals surface area contributed by atoms with Gasteiger partial charge in [0.1, 0.15) is 0 Å². The minimum Gasteiger partial charge on any atom is -0.492 e. The van der Waals surface area contributed by atoms with Gasteiger partial charge >= 0.3 is 0 Å². The fraction of sp³-hybridized carbons (Fsp3) is 0.462. The van der Waals surface area contributed by atoms with Crippen LogP contribution in [0.1, 0.15) is 35.2 Å². The van der Waals surface area contributed by atoms with Gasteiger partial charge in [-0.25, -0.2) is 0 Å². The number of carbonyl (C=O) groups excluding carboxylic acids is 1. The van der Waals surface area contributed by atoms with Crippen molar-refractivity contribution in [2.75, 3.05) is 14.2 Å². The van der Waals surface area contributed by atoms with Gasteiger partial charge in [-0.1, -0.05) is 6.07 Å². The van der Waals surface area contributed by atoms with Crippen LogP contribution in [0.3, 0.4) is 0 Å². The second-order valence-corrected chi connectivity index (χ2v) is 4.40. The quantitative estimate of drug-likeness (QED) is 0.809. The summed E-state index contributed by atoms with van der Waals surface area (Å²) < 4.78 is 10.6. The Morgan fingerprint density at radius 3 is 2.29 bits per heavy atom. The van der Waals surface area contributed by atoms with Gasteiger partial charge in [0.15, 0.2) is 17.8 Å². The maximum atomic E-state index is 10.9. The first-order chi connectivity index (χ1) is 8.16. The fourth-order valence-corrected chi connectivity index (χ4v) is 2.30. The molecule has 1 aliphatic carbocycles. The van der Waals surface area contributed by atoms with Crippen LogP contribution in [0.25, 0.3) is 0 Å². The van der Waals surface area contributed by atoms with Crippen molar-refractivity contribution in [1.29, 1.82) is 0 Å². The summed E-state index contributed by atoms with van der Waals surface area (Å²) >= 11 is 0. The maximum absolute atomic E-state index is 10.9. The second-order valence-electron chi connectivity index (χ2n) is 4.40. The van der Waals surface area contributed by atoms with Crippen LogP contribution in [0.4, 0.5) is 0 Å². The molecule has 17 heavy (non-hydrogen) atoms. The zero-order valence-corrected chi connectivity index (χ0v) is 10.2. The number of benzene rings is 1. The van der Waals surface area contributed by atoms with Crippen molar-refractivity contribution in [2.24, 2.45) is 5.73 Å². The molecular weight excluding hydrogens is 218 g/mol. The van der Waals surface area contributed by atoms with E-state index in [1.807, 2.05) is 6.07 Å². The topological polar surface area (TPSA) is 61.5 Å². The molecule has 2 rings (SSSR count). The summed E-state index contributed by atoms with van der Waals surface area (Å²) in [4.78, 5) is 10.9. The van der Waals surface area contributed by atoms with E-state index >= 15 is 0 Å². The van der Waals surface area contributed by atoms with Crippen molar-refractivity contribution >= 4 is 6.29 Å². The van der Waals surface area contributed by atoms with Gasteiger partial charge in [0, 0.05) is 11.1 Å². The first kappa shape index (κ1) is 11.9. The summed E-state index contributed by atoms with van der Waals surface area (Å²) in [6.45, 7) is 0. The summed E-state index contributed by atoms with van der Waals surface area (Å²) in [6.07, 6.45) is 3.76. The molecule has 4 heteroatoms. The summed E-state index contributed by atoms with van der Waals surface area (Å²) in [6, 6.07) is 3.60. The van der Waals surface area contributed by atoms with Gasteiger partial charge in [-0.05, 0) is 25.3 Å². The van der Waals surface area contributed by atoms with Crippen molar-refractivity contribution in [3.63, 3.8) is 0 Å². The highest BCUT2D eigenvalue weighted by Crippen LogP contribution is 2.46. The molecule has 1 fully saturated rings. The highest BCUT2D eigenvalue weighted by molar-refractivity contribution is 5.82. The number of hydrogen-bond acceptors (Lipinski definition) is 4. The summed E-state index contributed by atoms with van der Waals surface area (Å²) in [5, 5.41) is 0. The van der Waals surface area contributed by atoms with Crippen molar-refractivity contribution in [2.45, 2.75) is 24.8 Å².